The Bertz CT molecular complexity index is 1240. The van der Waals surface area contributed by atoms with Crippen molar-refractivity contribution in [3.05, 3.63) is 89.5 Å². The van der Waals surface area contributed by atoms with E-state index in [1.165, 1.54) is 0 Å². The molecule has 7 nitrogen and oxygen atoms in total. The lowest BCUT2D eigenvalue weighted by atomic mass is 9.98. The Morgan fingerprint density at radius 2 is 1.63 bits per heavy atom. The van der Waals surface area contributed by atoms with Gasteiger partial charge in [0.05, 0.1) is 6.42 Å². The normalized spacial score (nSPS) is 16.5. The third-order valence-electron chi connectivity index (χ3n) is 6.75. The fraction of sp³-hybridized carbons (Fsp3) is 0.250. The van der Waals surface area contributed by atoms with Crippen LogP contribution in [-0.2, 0) is 9.53 Å². The molecule has 3 aromatic rings. The van der Waals surface area contributed by atoms with E-state index in [1.54, 1.807) is 29.2 Å². The number of benzene rings is 3. The molecule has 1 aliphatic heterocycles. The largest absolute Gasteiger partial charge is 0.481 e. The van der Waals surface area contributed by atoms with E-state index in [1.807, 2.05) is 24.3 Å². The molecule has 0 saturated carbocycles. The number of hydrogen-bond donors (Lipinski definition) is 2. The number of carboxylic acid groups (broad SMARTS) is 1. The molecule has 0 radical (unpaired) electrons. The number of hydrogen-bond acceptors (Lipinski definition) is 4. The van der Waals surface area contributed by atoms with Gasteiger partial charge < -0.3 is 14.7 Å². The summed E-state index contributed by atoms with van der Waals surface area (Å²) >= 11 is 0. The summed E-state index contributed by atoms with van der Waals surface area (Å²) in [4.78, 5) is 38.4. The van der Waals surface area contributed by atoms with Crippen molar-refractivity contribution in [2.45, 2.75) is 31.2 Å². The van der Waals surface area contributed by atoms with Crippen LogP contribution in [0.25, 0.3) is 11.1 Å². The molecule has 5 rings (SSSR count). The van der Waals surface area contributed by atoms with E-state index in [4.69, 9.17) is 9.84 Å². The molecule has 1 aliphatic carbocycles. The molecule has 0 spiro atoms. The first-order valence-electron chi connectivity index (χ1n) is 11.8. The fourth-order valence-corrected chi connectivity index (χ4v) is 5.17. The van der Waals surface area contributed by atoms with Gasteiger partial charge in [0.1, 0.15) is 6.61 Å². The highest BCUT2D eigenvalue weighted by atomic mass is 16.5. The van der Waals surface area contributed by atoms with Crippen LogP contribution >= 0.6 is 0 Å². The van der Waals surface area contributed by atoms with Crippen LogP contribution in [0.1, 0.15) is 46.7 Å². The molecule has 1 atom stereocenters. The summed E-state index contributed by atoms with van der Waals surface area (Å²) in [5, 5.41) is 11.8. The number of anilines is 1. The highest BCUT2D eigenvalue weighted by Gasteiger charge is 2.31. The Morgan fingerprint density at radius 3 is 2.31 bits per heavy atom. The van der Waals surface area contributed by atoms with E-state index < -0.39 is 12.1 Å². The fourth-order valence-electron chi connectivity index (χ4n) is 5.17. The molecule has 3 aromatic carbocycles. The Labute approximate surface area is 203 Å². The number of carboxylic acids is 1. The first-order valence-corrected chi connectivity index (χ1v) is 11.8. The van der Waals surface area contributed by atoms with Gasteiger partial charge in [0.2, 0.25) is 0 Å². The SMILES string of the molecule is O=C(O)CC1CCCN1C(=O)c1cccc(NC(=O)OCC2c3ccccc3-c3ccccc32)c1. The van der Waals surface area contributed by atoms with Crippen molar-refractivity contribution in [2.24, 2.45) is 0 Å². The highest BCUT2D eigenvalue weighted by molar-refractivity contribution is 5.97. The van der Waals surface area contributed by atoms with Crippen LogP contribution in [0, 0.1) is 0 Å². The molecule has 35 heavy (non-hydrogen) atoms. The van der Waals surface area contributed by atoms with Crippen molar-refractivity contribution in [3.63, 3.8) is 0 Å². The molecule has 1 fully saturated rings. The maximum Gasteiger partial charge on any atom is 0.411 e. The van der Waals surface area contributed by atoms with Gasteiger partial charge in [-0.15, -0.1) is 0 Å². The van der Waals surface area contributed by atoms with Crippen molar-refractivity contribution < 1.29 is 24.2 Å². The molecule has 7 heteroatoms. The maximum atomic E-state index is 13.0. The first-order chi connectivity index (χ1) is 17.0. The lowest BCUT2D eigenvalue weighted by molar-refractivity contribution is -0.137. The van der Waals surface area contributed by atoms with E-state index >= 15 is 0 Å². The number of fused-ring (bicyclic) bond motifs is 3. The van der Waals surface area contributed by atoms with Gasteiger partial charge in [0, 0.05) is 29.8 Å². The minimum absolute atomic E-state index is 0.0394. The van der Waals surface area contributed by atoms with Crippen LogP contribution in [0.3, 0.4) is 0 Å². The van der Waals surface area contributed by atoms with Gasteiger partial charge >= 0.3 is 12.1 Å². The number of carbonyl (C=O) groups excluding carboxylic acids is 2. The molecule has 1 saturated heterocycles. The molecule has 2 amide bonds. The summed E-state index contributed by atoms with van der Waals surface area (Å²) < 4.78 is 5.59. The van der Waals surface area contributed by atoms with Crippen molar-refractivity contribution in [1.82, 2.24) is 4.90 Å². The predicted octanol–water partition coefficient (Wildman–Crippen LogP) is 5.13. The zero-order valence-electron chi connectivity index (χ0n) is 19.1. The average molecular weight is 471 g/mol. The molecule has 1 unspecified atom stereocenters. The minimum Gasteiger partial charge on any atom is -0.481 e. The van der Waals surface area contributed by atoms with Crippen molar-refractivity contribution in [2.75, 3.05) is 18.5 Å². The number of likely N-dealkylation sites (tertiary alicyclic amines) is 1. The van der Waals surface area contributed by atoms with Crippen molar-refractivity contribution in [1.29, 1.82) is 0 Å². The summed E-state index contributed by atoms with van der Waals surface area (Å²) in [6.07, 6.45) is 0.793. The topological polar surface area (TPSA) is 95.9 Å². The third-order valence-corrected chi connectivity index (χ3v) is 6.75. The smallest absolute Gasteiger partial charge is 0.411 e. The highest BCUT2D eigenvalue weighted by Crippen LogP contribution is 2.44. The molecule has 0 aromatic heterocycles. The lowest BCUT2D eigenvalue weighted by Crippen LogP contribution is -2.36. The summed E-state index contributed by atoms with van der Waals surface area (Å²) in [5.74, 6) is -1.19. The van der Waals surface area contributed by atoms with E-state index in [2.05, 4.69) is 29.6 Å². The number of carbonyl (C=O) groups is 3. The Balaban J connectivity index is 1.24. The standard InChI is InChI=1S/C28H26N2O5/c31-26(32)16-20-9-6-14-30(20)27(33)18-7-5-8-19(15-18)29-28(34)35-17-25-23-12-3-1-10-21(23)22-11-2-4-13-24(22)25/h1-5,7-8,10-13,15,20,25H,6,9,14,16-17H2,(H,29,34)(H,31,32). The second kappa shape index (κ2) is 9.62. The van der Waals surface area contributed by atoms with Gasteiger partial charge in [0.15, 0.2) is 0 Å². The average Bonchev–Trinajstić information content (AvgIpc) is 3.44. The molecule has 2 N–H and O–H groups in total. The molecule has 1 heterocycles. The molecule has 178 valence electrons. The summed E-state index contributed by atoms with van der Waals surface area (Å²) in [6, 6.07) is 22.6. The lowest BCUT2D eigenvalue weighted by Gasteiger charge is -2.23. The van der Waals surface area contributed by atoms with Gasteiger partial charge in [-0.05, 0) is 53.3 Å². The predicted molar refractivity (Wildman–Crippen MR) is 131 cm³/mol. The maximum absolute atomic E-state index is 13.0. The zero-order valence-corrected chi connectivity index (χ0v) is 19.1. The molecular weight excluding hydrogens is 444 g/mol. The van der Waals surface area contributed by atoms with Crippen LogP contribution in [0.2, 0.25) is 0 Å². The van der Waals surface area contributed by atoms with Crippen molar-refractivity contribution in [3.8, 4) is 11.1 Å². The van der Waals surface area contributed by atoms with Gasteiger partial charge in [-0.2, -0.15) is 0 Å². The first kappa shape index (κ1) is 22.7. The Kier molecular flexibility index (Phi) is 6.23. The van der Waals surface area contributed by atoms with Gasteiger partial charge in [-0.25, -0.2) is 4.79 Å². The van der Waals surface area contributed by atoms with Crippen molar-refractivity contribution >= 4 is 23.7 Å². The quantitative estimate of drug-likeness (QED) is 0.521. The summed E-state index contributed by atoms with van der Waals surface area (Å²) in [7, 11) is 0. The minimum atomic E-state index is -0.916. The van der Waals surface area contributed by atoms with E-state index in [-0.39, 0.29) is 30.9 Å². The number of aliphatic carboxylic acids is 1. The van der Waals surface area contributed by atoms with Crippen LogP contribution in [-0.4, -0.2) is 47.2 Å². The van der Waals surface area contributed by atoms with E-state index in [9.17, 15) is 14.4 Å². The molecule has 0 bridgehead atoms. The Hall–Kier alpha value is -4.13. The zero-order chi connectivity index (χ0) is 24.4. The number of ether oxygens (including phenoxy) is 1. The van der Waals surface area contributed by atoms with E-state index in [0.717, 1.165) is 28.7 Å². The molecular formula is C28H26N2O5. The second-order valence-electron chi connectivity index (χ2n) is 8.92. The number of nitrogens with one attached hydrogen (secondary N) is 1. The van der Waals surface area contributed by atoms with Crippen LogP contribution < -0.4 is 5.32 Å². The van der Waals surface area contributed by atoms with Gasteiger partial charge in [-0.1, -0.05) is 54.6 Å². The van der Waals surface area contributed by atoms with Crippen LogP contribution in [0.4, 0.5) is 10.5 Å². The third kappa shape index (κ3) is 4.62. The van der Waals surface area contributed by atoms with E-state index in [0.29, 0.717) is 24.2 Å². The number of rotatable bonds is 6. The number of nitrogens with zero attached hydrogens (tertiary/aromatic N) is 1. The molecule has 2 aliphatic rings. The van der Waals surface area contributed by atoms with Gasteiger partial charge in [-0.3, -0.25) is 14.9 Å². The Morgan fingerprint density at radius 1 is 0.943 bits per heavy atom. The van der Waals surface area contributed by atoms with Gasteiger partial charge in [0.25, 0.3) is 5.91 Å². The van der Waals surface area contributed by atoms with Crippen LogP contribution in [0.15, 0.2) is 72.8 Å². The summed E-state index contributed by atoms with van der Waals surface area (Å²) in [5.41, 5.74) is 5.44. The monoisotopic (exact) mass is 470 g/mol. The summed E-state index contributed by atoms with van der Waals surface area (Å²) in [6.45, 7) is 0.726. The van der Waals surface area contributed by atoms with Crippen LogP contribution in [0.5, 0.6) is 0 Å². The second-order valence-corrected chi connectivity index (χ2v) is 8.92. The number of amides is 2.